The molecule has 0 unspecified atom stereocenters. The summed E-state index contributed by atoms with van der Waals surface area (Å²) in [4.78, 5) is 26.2. The predicted molar refractivity (Wildman–Crippen MR) is 88.3 cm³/mol. The summed E-state index contributed by atoms with van der Waals surface area (Å²) in [5.41, 5.74) is 2.33. The van der Waals surface area contributed by atoms with Crippen LogP contribution in [0.1, 0.15) is 12.0 Å². The number of fused-ring (bicyclic) bond motifs is 1. The van der Waals surface area contributed by atoms with Crippen LogP contribution in [0.2, 0.25) is 0 Å². The fraction of sp³-hybridized carbons (Fsp3) is 0.222. The molecule has 1 fully saturated rings. The monoisotopic (exact) mass is 324 g/mol. The molecule has 6 nitrogen and oxygen atoms in total. The van der Waals surface area contributed by atoms with Crippen molar-refractivity contribution < 1.29 is 19.1 Å². The van der Waals surface area contributed by atoms with E-state index in [0.29, 0.717) is 17.2 Å². The van der Waals surface area contributed by atoms with Crippen molar-refractivity contribution in [3.63, 3.8) is 0 Å². The van der Waals surface area contributed by atoms with Gasteiger partial charge < -0.3 is 14.8 Å². The number of rotatable bonds is 3. The number of carbonyl (C=O) groups excluding carboxylic acids is 2. The van der Waals surface area contributed by atoms with E-state index in [4.69, 9.17) is 9.47 Å². The first-order valence-corrected chi connectivity index (χ1v) is 7.71. The summed E-state index contributed by atoms with van der Waals surface area (Å²) >= 11 is 0. The number of hydrogen-bond donors (Lipinski definition) is 1. The highest BCUT2D eigenvalue weighted by molar-refractivity contribution is 6.23. The predicted octanol–water partition coefficient (Wildman–Crippen LogP) is 2.47. The number of aryl methyl sites for hydroxylation is 1. The van der Waals surface area contributed by atoms with E-state index in [0.717, 1.165) is 11.3 Å². The smallest absolute Gasteiger partial charge is 0.256 e. The van der Waals surface area contributed by atoms with Gasteiger partial charge in [-0.3, -0.25) is 9.59 Å². The molecule has 122 valence electrons. The molecule has 2 aromatic carbocycles. The van der Waals surface area contributed by atoms with Crippen molar-refractivity contribution in [1.29, 1.82) is 0 Å². The largest absolute Gasteiger partial charge is 0.454 e. The summed E-state index contributed by atoms with van der Waals surface area (Å²) < 4.78 is 10.6. The number of ether oxygens (including phenoxy) is 2. The Morgan fingerprint density at radius 2 is 1.92 bits per heavy atom. The molecule has 2 heterocycles. The number of amides is 2. The highest BCUT2D eigenvalue weighted by atomic mass is 16.7. The Morgan fingerprint density at radius 3 is 2.75 bits per heavy atom. The number of benzene rings is 2. The average molecular weight is 324 g/mol. The van der Waals surface area contributed by atoms with Crippen LogP contribution in [0.15, 0.2) is 42.5 Å². The van der Waals surface area contributed by atoms with Crippen LogP contribution in [-0.2, 0) is 9.59 Å². The maximum atomic E-state index is 12.7. The van der Waals surface area contributed by atoms with Crippen molar-refractivity contribution in [1.82, 2.24) is 0 Å². The van der Waals surface area contributed by atoms with Gasteiger partial charge in [0.25, 0.3) is 5.91 Å². The first-order chi connectivity index (χ1) is 11.6. The van der Waals surface area contributed by atoms with Crippen LogP contribution in [0.3, 0.4) is 0 Å². The van der Waals surface area contributed by atoms with Gasteiger partial charge in [-0.25, -0.2) is 4.90 Å². The van der Waals surface area contributed by atoms with Gasteiger partial charge in [0.05, 0.1) is 12.1 Å². The van der Waals surface area contributed by atoms with Crippen molar-refractivity contribution in [3.05, 3.63) is 48.0 Å². The maximum absolute atomic E-state index is 12.7. The third kappa shape index (κ3) is 2.46. The lowest BCUT2D eigenvalue weighted by Gasteiger charge is -2.16. The summed E-state index contributed by atoms with van der Waals surface area (Å²) in [5, 5.41) is 3.12. The van der Waals surface area contributed by atoms with Crippen LogP contribution in [-0.4, -0.2) is 24.6 Å². The van der Waals surface area contributed by atoms with E-state index in [1.807, 2.05) is 25.1 Å². The van der Waals surface area contributed by atoms with Gasteiger partial charge in [-0.1, -0.05) is 12.1 Å². The molecule has 0 saturated carbocycles. The van der Waals surface area contributed by atoms with Gasteiger partial charge in [0, 0.05) is 11.8 Å². The summed E-state index contributed by atoms with van der Waals surface area (Å²) in [6.45, 7) is 2.12. The molecule has 0 aromatic heterocycles. The summed E-state index contributed by atoms with van der Waals surface area (Å²) in [5.74, 6) is 0.857. The van der Waals surface area contributed by atoms with E-state index < -0.39 is 6.04 Å². The number of nitrogens with one attached hydrogen (secondary N) is 1. The number of anilines is 2. The molecule has 2 amide bonds. The third-order valence-electron chi connectivity index (χ3n) is 4.12. The lowest BCUT2D eigenvalue weighted by Crippen LogP contribution is -2.34. The van der Waals surface area contributed by atoms with Crippen molar-refractivity contribution in [3.8, 4) is 11.5 Å². The van der Waals surface area contributed by atoms with Gasteiger partial charge in [-0.2, -0.15) is 0 Å². The van der Waals surface area contributed by atoms with Crippen molar-refractivity contribution in [2.24, 2.45) is 0 Å². The second-order valence-corrected chi connectivity index (χ2v) is 5.88. The Balaban J connectivity index is 1.55. The highest BCUT2D eigenvalue weighted by Crippen LogP contribution is 2.35. The summed E-state index contributed by atoms with van der Waals surface area (Å²) in [6.07, 6.45) is 0.126. The molecule has 6 heteroatoms. The molecule has 1 saturated heterocycles. The number of imide groups is 1. The minimum Gasteiger partial charge on any atom is -0.454 e. The lowest BCUT2D eigenvalue weighted by molar-refractivity contribution is -0.121. The van der Waals surface area contributed by atoms with Crippen molar-refractivity contribution >= 4 is 23.2 Å². The van der Waals surface area contributed by atoms with Crippen LogP contribution < -0.4 is 19.7 Å². The Labute approximate surface area is 139 Å². The maximum Gasteiger partial charge on any atom is 0.256 e. The minimum atomic E-state index is -0.585. The molecule has 24 heavy (non-hydrogen) atoms. The Hall–Kier alpha value is -3.02. The lowest BCUT2D eigenvalue weighted by atomic mass is 10.2. The van der Waals surface area contributed by atoms with Crippen LogP contribution in [0.4, 0.5) is 11.4 Å². The number of nitrogens with zero attached hydrogens (tertiary/aromatic N) is 1. The fourth-order valence-corrected chi connectivity index (χ4v) is 2.97. The molecule has 2 aliphatic heterocycles. The SMILES string of the molecule is Cc1cccc(N2C(=O)C[C@H](Nc3ccc4c(c3)OCO4)C2=O)c1. The molecular formula is C18H16N2O4. The van der Waals surface area contributed by atoms with Gasteiger partial charge in [-0.15, -0.1) is 0 Å². The molecule has 2 aliphatic rings. The van der Waals surface area contributed by atoms with Crippen LogP contribution >= 0.6 is 0 Å². The molecule has 0 bridgehead atoms. The van der Waals surface area contributed by atoms with Gasteiger partial charge in [-0.05, 0) is 36.8 Å². The molecular weight excluding hydrogens is 308 g/mol. The van der Waals surface area contributed by atoms with Gasteiger partial charge in [0.15, 0.2) is 11.5 Å². The van der Waals surface area contributed by atoms with Gasteiger partial charge >= 0.3 is 0 Å². The Morgan fingerprint density at radius 1 is 1.08 bits per heavy atom. The quantitative estimate of drug-likeness (QED) is 0.879. The molecule has 4 rings (SSSR count). The highest BCUT2D eigenvalue weighted by Gasteiger charge is 2.39. The molecule has 0 radical (unpaired) electrons. The number of carbonyl (C=O) groups is 2. The second-order valence-electron chi connectivity index (χ2n) is 5.88. The van der Waals surface area contributed by atoms with E-state index in [9.17, 15) is 9.59 Å². The van der Waals surface area contributed by atoms with E-state index in [-0.39, 0.29) is 25.0 Å². The van der Waals surface area contributed by atoms with Gasteiger partial charge in [0.2, 0.25) is 12.7 Å². The second kappa shape index (κ2) is 5.56. The summed E-state index contributed by atoms with van der Waals surface area (Å²) in [6, 6.07) is 12.1. The van der Waals surface area contributed by atoms with Gasteiger partial charge in [0.1, 0.15) is 6.04 Å². The zero-order chi connectivity index (χ0) is 16.7. The average Bonchev–Trinajstić information content (AvgIpc) is 3.12. The van der Waals surface area contributed by atoms with E-state index in [1.165, 1.54) is 4.90 Å². The Bertz CT molecular complexity index is 834. The zero-order valence-electron chi connectivity index (χ0n) is 13.1. The third-order valence-corrected chi connectivity index (χ3v) is 4.12. The molecule has 0 spiro atoms. The zero-order valence-corrected chi connectivity index (χ0v) is 13.1. The van der Waals surface area contributed by atoms with E-state index in [2.05, 4.69) is 5.32 Å². The Kier molecular flexibility index (Phi) is 3.37. The standard InChI is InChI=1S/C18H16N2O4/c1-11-3-2-4-13(7-11)20-17(21)9-14(18(20)22)19-12-5-6-15-16(8-12)24-10-23-15/h2-8,14,19H,9-10H2,1H3/t14-/m0/s1. The topological polar surface area (TPSA) is 67.9 Å². The van der Waals surface area contributed by atoms with Crippen LogP contribution in [0.5, 0.6) is 11.5 Å². The van der Waals surface area contributed by atoms with Crippen LogP contribution in [0.25, 0.3) is 0 Å². The first-order valence-electron chi connectivity index (χ1n) is 7.71. The van der Waals surface area contributed by atoms with Crippen molar-refractivity contribution in [2.45, 2.75) is 19.4 Å². The van der Waals surface area contributed by atoms with Crippen molar-refractivity contribution in [2.75, 3.05) is 17.0 Å². The number of hydrogen-bond acceptors (Lipinski definition) is 5. The molecule has 1 atom stereocenters. The fourth-order valence-electron chi connectivity index (χ4n) is 2.97. The minimum absolute atomic E-state index is 0.126. The van der Waals surface area contributed by atoms with E-state index in [1.54, 1.807) is 24.3 Å². The van der Waals surface area contributed by atoms with E-state index >= 15 is 0 Å². The first kappa shape index (κ1) is 14.6. The molecule has 0 aliphatic carbocycles. The summed E-state index contributed by atoms with van der Waals surface area (Å²) in [7, 11) is 0. The van der Waals surface area contributed by atoms with Crippen LogP contribution in [0, 0.1) is 6.92 Å². The molecule has 2 aromatic rings. The molecule has 1 N–H and O–H groups in total. The normalized spacial score (nSPS) is 19.0.